The van der Waals surface area contributed by atoms with Crippen molar-refractivity contribution in [3.05, 3.63) is 33.2 Å². The second-order valence-electron chi connectivity index (χ2n) is 3.24. The number of hydrogen-bond acceptors (Lipinski definition) is 2. The number of nitrogens with one attached hydrogen (secondary N) is 1. The first kappa shape index (κ1) is 10.4. The summed E-state index contributed by atoms with van der Waals surface area (Å²) >= 11 is 3.36. The summed E-state index contributed by atoms with van der Waals surface area (Å²) in [5.41, 5.74) is 1.64. The van der Waals surface area contributed by atoms with E-state index in [1.54, 1.807) is 11.7 Å². The van der Waals surface area contributed by atoms with E-state index in [9.17, 15) is 4.79 Å². The van der Waals surface area contributed by atoms with Crippen LogP contribution in [0.3, 0.4) is 0 Å². The highest BCUT2D eigenvalue weighted by atomic mass is 79.9. The second-order valence-corrected chi connectivity index (χ2v) is 4.15. The Morgan fingerprint density at radius 1 is 1.53 bits per heavy atom. The summed E-state index contributed by atoms with van der Waals surface area (Å²) in [6, 6.07) is 5.71. The van der Waals surface area contributed by atoms with Crippen molar-refractivity contribution in [2.24, 2.45) is 0 Å². The molecule has 0 spiro atoms. The molecule has 0 radical (unpaired) electrons. The van der Waals surface area contributed by atoms with Crippen LogP contribution in [0.5, 0.6) is 0 Å². The molecule has 1 aromatic heterocycles. The van der Waals surface area contributed by atoms with Gasteiger partial charge in [0.05, 0.1) is 24.2 Å². The van der Waals surface area contributed by atoms with Crippen LogP contribution in [-0.2, 0) is 11.3 Å². The lowest BCUT2D eigenvalue weighted by atomic mass is 10.3. The van der Waals surface area contributed by atoms with Gasteiger partial charge in [-0.2, -0.15) is 0 Å². The van der Waals surface area contributed by atoms with Gasteiger partial charge in [-0.05, 0) is 18.2 Å². The molecule has 0 atom stereocenters. The maximum atomic E-state index is 11.6. The fourth-order valence-corrected chi connectivity index (χ4v) is 1.90. The number of fused-ring (bicyclic) bond motifs is 1. The molecule has 0 saturated carbocycles. The molecule has 4 nitrogen and oxygen atoms in total. The van der Waals surface area contributed by atoms with E-state index in [0.29, 0.717) is 13.2 Å². The number of rotatable bonds is 3. The summed E-state index contributed by atoms with van der Waals surface area (Å²) in [5, 5.41) is 0. The fourth-order valence-electron chi connectivity index (χ4n) is 1.54. The van der Waals surface area contributed by atoms with Crippen LogP contribution >= 0.6 is 15.9 Å². The Labute approximate surface area is 95.0 Å². The summed E-state index contributed by atoms with van der Waals surface area (Å²) in [4.78, 5) is 14.4. The molecule has 1 aromatic carbocycles. The minimum Gasteiger partial charge on any atom is -0.383 e. The lowest BCUT2D eigenvalue weighted by Crippen LogP contribution is -2.18. The zero-order valence-corrected chi connectivity index (χ0v) is 9.87. The van der Waals surface area contributed by atoms with Gasteiger partial charge in [0.2, 0.25) is 0 Å². The van der Waals surface area contributed by atoms with Crippen molar-refractivity contribution < 1.29 is 4.74 Å². The van der Waals surface area contributed by atoms with Crippen LogP contribution in [0.2, 0.25) is 0 Å². The zero-order valence-electron chi connectivity index (χ0n) is 8.29. The summed E-state index contributed by atoms with van der Waals surface area (Å²) in [6.45, 7) is 1.10. The molecule has 0 unspecified atom stereocenters. The van der Waals surface area contributed by atoms with E-state index >= 15 is 0 Å². The number of aromatic nitrogens is 2. The highest BCUT2D eigenvalue weighted by Crippen LogP contribution is 2.16. The number of benzene rings is 1. The molecule has 0 aliphatic carbocycles. The van der Waals surface area contributed by atoms with Crippen LogP contribution in [-0.4, -0.2) is 23.3 Å². The van der Waals surface area contributed by atoms with Gasteiger partial charge < -0.3 is 9.72 Å². The molecule has 0 saturated heterocycles. The lowest BCUT2D eigenvalue weighted by Gasteiger charge is -2.01. The second kappa shape index (κ2) is 4.20. The van der Waals surface area contributed by atoms with Crippen molar-refractivity contribution in [1.29, 1.82) is 0 Å². The smallest absolute Gasteiger partial charge is 0.326 e. The summed E-state index contributed by atoms with van der Waals surface area (Å²) in [7, 11) is 1.62. The predicted molar refractivity (Wildman–Crippen MR) is 62.1 cm³/mol. The number of ether oxygens (including phenoxy) is 1. The Hall–Kier alpha value is -1.07. The van der Waals surface area contributed by atoms with Crippen molar-refractivity contribution in [3.8, 4) is 0 Å². The van der Waals surface area contributed by atoms with Crippen molar-refractivity contribution in [3.63, 3.8) is 0 Å². The SMILES string of the molecule is COCCn1c(=O)[nH]c2cc(Br)ccc21. The van der Waals surface area contributed by atoms with E-state index in [0.717, 1.165) is 15.5 Å². The van der Waals surface area contributed by atoms with Gasteiger partial charge in [-0.1, -0.05) is 15.9 Å². The molecule has 1 heterocycles. The lowest BCUT2D eigenvalue weighted by molar-refractivity contribution is 0.187. The quantitative estimate of drug-likeness (QED) is 0.924. The van der Waals surface area contributed by atoms with E-state index in [2.05, 4.69) is 20.9 Å². The normalized spacial score (nSPS) is 11.1. The number of aromatic amines is 1. The van der Waals surface area contributed by atoms with E-state index in [1.165, 1.54) is 0 Å². The maximum absolute atomic E-state index is 11.6. The van der Waals surface area contributed by atoms with Crippen LogP contribution in [0.25, 0.3) is 11.0 Å². The van der Waals surface area contributed by atoms with E-state index in [4.69, 9.17) is 4.74 Å². The van der Waals surface area contributed by atoms with Crippen LogP contribution in [0.4, 0.5) is 0 Å². The molecular weight excluding hydrogens is 260 g/mol. The third-order valence-corrected chi connectivity index (χ3v) is 2.75. The predicted octanol–water partition coefficient (Wildman–Crippen LogP) is 1.74. The maximum Gasteiger partial charge on any atom is 0.326 e. The van der Waals surface area contributed by atoms with Crippen LogP contribution in [0.15, 0.2) is 27.5 Å². The van der Waals surface area contributed by atoms with Crippen LogP contribution in [0.1, 0.15) is 0 Å². The first-order chi connectivity index (χ1) is 7.22. The molecule has 0 aliphatic heterocycles. The molecule has 0 aliphatic rings. The number of methoxy groups -OCH3 is 1. The topological polar surface area (TPSA) is 47.0 Å². The monoisotopic (exact) mass is 270 g/mol. The van der Waals surface area contributed by atoms with Crippen LogP contribution in [0, 0.1) is 0 Å². The molecule has 0 bridgehead atoms. The largest absolute Gasteiger partial charge is 0.383 e. The number of imidazole rings is 1. The standard InChI is InChI=1S/C10H11BrN2O2/c1-15-5-4-13-9-3-2-7(11)6-8(9)12-10(13)14/h2-3,6H,4-5H2,1H3,(H,12,14). The van der Waals surface area contributed by atoms with Gasteiger partial charge in [0, 0.05) is 11.6 Å². The first-order valence-electron chi connectivity index (χ1n) is 4.59. The molecule has 15 heavy (non-hydrogen) atoms. The van der Waals surface area contributed by atoms with Crippen molar-refractivity contribution in [2.45, 2.75) is 6.54 Å². The third-order valence-electron chi connectivity index (χ3n) is 2.26. The Kier molecular flexibility index (Phi) is 2.93. The Morgan fingerprint density at radius 3 is 3.07 bits per heavy atom. The number of nitrogens with zero attached hydrogens (tertiary/aromatic N) is 1. The molecule has 1 N–H and O–H groups in total. The summed E-state index contributed by atoms with van der Waals surface area (Å²) in [6.07, 6.45) is 0. The van der Waals surface area contributed by atoms with E-state index in [-0.39, 0.29) is 5.69 Å². The van der Waals surface area contributed by atoms with Gasteiger partial charge in [-0.3, -0.25) is 4.57 Å². The fraction of sp³-hybridized carbons (Fsp3) is 0.300. The molecule has 0 fully saturated rings. The Morgan fingerprint density at radius 2 is 2.33 bits per heavy atom. The van der Waals surface area contributed by atoms with Crippen molar-refractivity contribution in [1.82, 2.24) is 9.55 Å². The summed E-state index contributed by atoms with van der Waals surface area (Å²) in [5.74, 6) is 0. The number of hydrogen-bond donors (Lipinski definition) is 1. The van der Waals surface area contributed by atoms with Crippen molar-refractivity contribution in [2.75, 3.05) is 13.7 Å². The molecular formula is C10H11BrN2O2. The van der Waals surface area contributed by atoms with Gasteiger partial charge in [0.15, 0.2) is 0 Å². The first-order valence-corrected chi connectivity index (χ1v) is 5.38. The molecule has 5 heteroatoms. The molecule has 2 rings (SSSR count). The highest BCUT2D eigenvalue weighted by molar-refractivity contribution is 9.10. The Bertz CT molecular complexity index is 530. The Balaban J connectivity index is 2.53. The van der Waals surface area contributed by atoms with Gasteiger partial charge >= 0.3 is 5.69 Å². The van der Waals surface area contributed by atoms with Crippen molar-refractivity contribution >= 4 is 27.0 Å². The zero-order chi connectivity index (χ0) is 10.8. The van der Waals surface area contributed by atoms with Gasteiger partial charge in [-0.25, -0.2) is 4.79 Å². The molecule has 80 valence electrons. The average Bonchev–Trinajstić information content (AvgIpc) is 2.50. The van der Waals surface area contributed by atoms with E-state index < -0.39 is 0 Å². The summed E-state index contributed by atoms with van der Waals surface area (Å²) < 4.78 is 7.59. The van der Waals surface area contributed by atoms with Crippen LogP contribution < -0.4 is 5.69 Å². The average molecular weight is 271 g/mol. The highest BCUT2D eigenvalue weighted by Gasteiger charge is 2.05. The van der Waals surface area contributed by atoms with E-state index in [1.807, 2.05) is 18.2 Å². The van der Waals surface area contributed by atoms with Gasteiger partial charge in [-0.15, -0.1) is 0 Å². The molecule has 2 aromatic rings. The number of H-pyrrole nitrogens is 1. The van der Waals surface area contributed by atoms with Gasteiger partial charge in [0.1, 0.15) is 0 Å². The minimum atomic E-state index is -0.0971. The van der Waals surface area contributed by atoms with Gasteiger partial charge in [0.25, 0.3) is 0 Å². The third kappa shape index (κ3) is 1.98. The minimum absolute atomic E-state index is 0.0971. The number of halogens is 1. The molecule has 0 amide bonds.